The first kappa shape index (κ1) is 21.0. The van der Waals surface area contributed by atoms with Crippen LogP contribution in [0.4, 0.5) is 0 Å². The monoisotopic (exact) mass is 338 g/mol. The maximum atomic E-state index is 6.94. The van der Waals surface area contributed by atoms with E-state index in [1.165, 1.54) is 88.8 Å². The summed E-state index contributed by atoms with van der Waals surface area (Å²) in [6.07, 6.45) is 18.0. The summed E-state index contributed by atoms with van der Waals surface area (Å²) in [6.45, 7) is 9.30. The van der Waals surface area contributed by atoms with Crippen LogP contribution in [-0.4, -0.2) is 14.4 Å². The van der Waals surface area contributed by atoms with Crippen molar-refractivity contribution < 1.29 is 4.43 Å². The predicted octanol–water partition coefficient (Wildman–Crippen LogP) is 7.63. The average molecular weight is 339 g/mol. The molecule has 1 rings (SSSR count). The first-order chi connectivity index (χ1) is 11.2. The standard InChI is InChI=1S/C21H42OSi/c1-5-20-18-16-14-12-10-9-11-13-15-17-19-21(20)22-23(6-2,7-3)8-4/h5,21H,6-19H2,1-4H3/b20-5-. The molecule has 0 N–H and O–H groups in total. The SMILES string of the molecule is C/C=C1/CCCCCCCCCCCC1O[Si](CC)(CC)CC. The van der Waals surface area contributed by atoms with Crippen molar-refractivity contribution in [3.05, 3.63) is 11.6 Å². The van der Waals surface area contributed by atoms with Crippen molar-refractivity contribution in [3.63, 3.8) is 0 Å². The third kappa shape index (κ3) is 7.56. The molecular formula is C21H42OSi. The fourth-order valence-corrected chi connectivity index (χ4v) is 6.88. The minimum absolute atomic E-state index is 0.423. The molecule has 1 saturated carbocycles. The summed E-state index contributed by atoms with van der Waals surface area (Å²) in [5, 5.41) is 0. The second-order valence-corrected chi connectivity index (χ2v) is 12.2. The van der Waals surface area contributed by atoms with E-state index in [2.05, 4.69) is 33.8 Å². The van der Waals surface area contributed by atoms with Gasteiger partial charge in [-0.1, -0.05) is 78.2 Å². The molecule has 1 aliphatic rings. The van der Waals surface area contributed by atoms with Crippen molar-refractivity contribution in [1.29, 1.82) is 0 Å². The zero-order chi connectivity index (χ0) is 17.0. The molecule has 1 atom stereocenters. The zero-order valence-electron chi connectivity index (χ0n) is 16.5. The van der Waals surface area contributed by atoms with Gasteiger partial charge in [0.2, 0.25) is 0 Å². The molecule has 1 nitrogen and oxygen atoms in total. The maximum Gasteiger partial charge on any atom is 0.192 e. The summed E-state index contributed by atoms with van der Waals surface area (Å²) in [4.78, 5) is 0. The number of hydrogen-bond acceptors (Lipinski definition) is 1. The highest BCUT2D eigenvalue weighted by molar-refractivity contribution is 6.73. The van der Waals surface area contributed by atoms with E-state index in [1.54, 1.807) is 5.57 Å². The van der Waals surface area contributed by atoms with E-state index >= 15 is 0 Å². The van der Waals surface area contributed by atoms with Crippen LogP contribution in [0, 0.1) is 0 Å². The first-order valence-electron chi connectivity index (χ1n) is 10.5. The van der Waals surface area contributed by atoms with Crippen LogP contribution in [0.3, 0.4) is 0 Å². The van der Waals surface area contributed by atoms with Crippen molar-refractivity contribution in [1.82, 2.24) is 0 Å². The Morgan fingerprint density at radius 2 is 1.30 bits per heavy atom. The Bertz CT molecular complexity index is 312. The second-order valence-electron chi connectivity index (χ2n) is 7.43. The quantitative estimate of drug-likeness (QED) is 0.370. The van der Waals surface area contributed by atoms with Gasteiger partial charge in [-0.05, 0) is 49.9 Å². The Labute approximate surface area is 147 Å². The van der Waals surface area contributed by atoms with E-state index in [9.17, 15) is 0 Å². The molecular weight excluding hydrogens is 296 g/mol. The van der Waals surface area contributed by atoms with Gasteiger partial charge in [-0.3, -0.25) is 0 Å². The highest BCUT2D eigenvalue weighted by Gasteiger charge is 2.32. The van der Waals surface area contributed by atoms with E-state index in [0.717, 1.165) is 0 Å². The van der Waals surface area contributed by atoms with Gasteiger partial charge in [0.25, 0.3) is 0 Å². The third-order valence-electron chi connectivity index (χ3n) is 6.04. The Morgan fingerprint density at radius 1 is 0.826 bits per heavy atom. The van der Waals surface area contributed by atoms with Crippen LogP contribution in [0.5, 0.6) is 0 Å². The molecule has 0 aromatic heterocycles. The summed E-state index contributed by atoms with van der Waals surface area (Å²) in [6, 6.07) is 3.81. The molecule has 0 bridgehead atoms. The highest BCUT2D eigenvalue weighted by Crippen LogP contribution is 2.30. The van der Waals surface area contributed by atoms with Gasteiger partial charge < -0.3 is 4.43 Å². The van der Waals surface area contributed by atoms with E-state index in [0.29, 0.717) is 6.10 Å². The van der Waals surface area contributed by atoms with Crippen LogP contribution in [0.2, 0.25) is 18.1 Å². The fraction of sp³-hybridized carbons (Fsp3) is 0.905. The molecule has 1 unspecified atom stereocenters. The normalized spacial score (nSPS) is 24.7. The fourth-order valence-electron chi connectivity index (χ4n) is 4.01. The molecule has 0 saturated heterocycles. The second kappa shape index (κ2) is 12.3. The van der Waals surface area contributed by atoms with E-state index in [1.807, 2.05) is 0 Å². The average Bonchev–Trinajstić information content (AvgIpc) is 2.61. The lowest BCUT2D eigenvalue weighted by Crippen LogP contribution is -2.40. The maximum absolute atomic E-state index is 6.94. The number of allylic oxidation sites excluding steroid dienone is 1. The molecule has 0 amide bonds. The minimum atomic E-state index is -1.50. The van der Waals surface area contributed by atoms with E-state index in [4.69, 9.17) is 4.43 Å². The topological polar surface area (TPSA) is 9.23 Å². The van der Waals surface area contributed by atoms with Gasteiger partial charge in [-0.2, -0.15) is 0 Å². The van der Waals surface area contributed by atoms with Gasteiger partial charge in [0.05, 0.1) is 6.10 Å². The summed E-state index contributed by atoms with van der Waals surface area (Å²) in [7, 11) is -1.50. The van der Waals surface area contributed by atoms with E-state index in [-0.39, 0.29) is 0 Å². The van der Waals surface area contributed by atoms with Gasteiger partial charge in [0.15, 0.2) is 8.32 Å². The van der Waals surface area contributed by atoms with E-state index < -0.39 is 8.32 Å². The Balaban J connectivity index is 2.77. The summed E-state index contributed by atoms with van der Waals surface area (Å²) in [5.41, 5.74) is 1.61. The lowest BCUT2D eigenvalue weighted by Gasteiger charge is -2.35. The molecule has 0 radical (unpaired) electrons. The van der Waals surface area contributed by atoms with Crippen LogP contribution >= 0.6 is 0 Å². The Kier molecular flexibility index (Phi) is 11.2. The van der Waals surface area contributed by atoms with Gasteiger partial charge in [0, 0.05) is 0 Å². The molecule has 2 heteroatoms. The molecule has 0 aliphatic heterocycles. The minimum Gasteiger partial charge on any atom is -0.410 e. The van der Waals surface area contributed by atoms with Crippen molar-refractivity contribution in [2.45, 2.75) is 123 Å². The first-order valence-corrected chi connectivity index (χ1v) is 13.1. The van der Waals surface area contributed by atoms with Crippen LogP contribution in [-0.2, 0) is 4.43 Å². The molecule has 0 heterocycles. The summed E-state index contributed by atoms with van der Waals surface area (Å²) in [5.74, 6) is 0. The molecule has 0 spiro atoms. The van der Waals surface area contributed by atoms with Gasteiger partial charge >= 0.3 is 0 Å². The lowest BCUT2D eigenvalue weighted by molar-refractivity contribution is 0.201. The van der Waals surface area contributed by atoms with Crippen molar-refractivity contribution >= 4 is 8.32 Å². The molecule has 136 valence electrons. The number of rotatable bonds is 5. The lowest BCUT2D eigenvalue weighted by atomic mass is 9.98. The number of hydrogen-bond donors (Lipinski definition) is 0. The van der Waals surface area contributed by atoms with Gasteiger partial charge in [0.1, 0.15) is 0 Å². The van der Waals surface area contributed by atoms with Crippen molar-refractivity contribution in [3.8, 4) is 0 Å². The molecule has 1 aliphatic carbocycles. The summed E-state index contributed by atoms with van der Waals surface area (Å²) >= 11 is 0. The highest BCUT2D eigenvalue weighted by atomic mass is 28.4. The van der Waals surface area contributed by atoms with Crippen molar-refractivity contribution in [2.75, 3.05) is 0 Å². The largest absolute Gasteiger partial charge is 0.410 e. The van der Waals surface area contributed by atoms with Crippen LogP contribution in [0.15, 0.2) is 11.6 Å². The zero-order valence-corrected chi connectivity index (χ0v) is 17.5. The Hall–Kier alpha value is -0.0831. The van der Waals surface area contributed by atoms with Gasteiger partial charge in [-0.15, -0.1) is 0 Å². The van der Waals surface area contributed by atoms with Crippen LogP contribution in [0.1, 0.15) is 98.3 Å². The molecule has 23 heavy (non-hydrogen) atoms. The molecule has 0 aromatic rings. The Morgan fingerprint density at radius 3 is 1.78 bits per heavy atom. The predicted molar refractivity (Wildman–Crippen MR) is 107 cm³/mol. The van der Waals surface area contributed by atoms with Crippen LogP contribution < -0.4 is 0 Å². The third-order valence-corrected chi connectivity index (χ3v) is 10.7. The van der Waals surface area contributed by atoms with Gasteiger partial charge in [-0.25, -0.2) is 0 Å². The van der Waals surface area contributed by atoms with Crippen LogP contribution in [0.25, 0.3) is 0 Å². The summed E-state index contributed by atoms with van der Waals surface area (Å²) < 4.78 is 6.94. The van der Waals surface area contributed by atoms with Crippen molar-refractivity contribution in [2.24, 2.45) is 0 Å². The smallest absolute Gasteiger partial charge is 0.192 e. The molecule has 0 aromatic carbocycles. The molecule has 1 fully saturated rings.